The van der Waals surface area contributed by atoms with Crippen molar-refractivity contribution in [2.45, 2.75) is 12.1 Å². The highest BCUT2D eigenvalue weighted by Crippen LogP contribution is 2.30. The largest absolute Gasteiger partial charge is 0.497 e. The third-order valence-corrected chi connectivity index (χ3v) is 4.62. The van der Waals surface area contributed by atoms with Crippen LogP contribution in [0, 0.1) is 6.92 Å². The van der Waals surface area contributed by atoms with Gasteiger partial charge >= 0.3 is 0 Å². The molecular weight excluding hydrogens is 358 g/mol. The van der Waals surface area contributed by atoms with Crippen molar-refractivity contribution in [2.75, 3.05) is 12.9 Å². The Morgan fingerprint density at radius 3 is 2.54 bits per heavy atom. The van der Waals surface area contributed by atoms with Crippen LogP contribution in [-0.4, -0.2) is 44.1 Å². The third kappa shape index (κ3) is 3.63. The van der Waals surface area contributed by atoms with Crippen molar-refractivity contribution in [3.8, 4) is 17.1 Å². The monoisotopic (exact) mass is 377 g/mol. The van der Waals surface area contributed by atoms with Crippen LogP contribution in [0.2, 0.25) is 0 Å². The van der Waals surface area contributed by atoms with Crippen molar-refractivity contribution >= 4 is 17.5 Å². The Kier molecular flexibility index (Phi) is 6.52. The van der Waals surface area contributed by atoms with E-state index >= 15 is 0 Å². The fourth-order valence-corrected chi connectivity index (χ4v) is 3.28. The van der Waals surface area contributed by atoms with Crippen LogP contribution in [0.1, 0.15) is 11.3 Å². The van der Waals surface area contributed by atoms with E-state index in [4.69, 9.17) is 19.5 Å². The van der Waals surface area contributed by atoms with Crippen molar-refractivity contribution < 1.29 is 19.8 Å². The number of methoxy groups -OCH3 is 1. The zero-order chi connectivity index (χ0) is 17.8. The minimum absolute atomic E-state index is 0. The first kappa shape index (κ1) is 19.7. The molecule has 3 heterocycles. The lowest BCUT2D eigenvalue weighted by molar-refractivity contribution is 0.311. The lowest BCUT2D eigenvalue weighted by atomic mass is 10.1. The second-order valence-electron chi connectivity index (χ2n) is 5.07. The average Bonchev–Trinajstić information content (AvgIpc) is 3.28. The number of ether oxygens (including phenoxy) is 1. The van der Waals surface area contributed by atoms with Gasteiger partial charge in [-0.15, -0.1) is 10.2 Å². The second-order valence-corrected chi connectivity index (χ2v) is 6.01. The molecule has 3 aromatic rings. The zero-order valence-corrected chi connectivity index (χ0v) is 15.0. The molecule has 4 rings (SSSR count). The number of nitrogens with two attached hydrogens (primary N) is 1. The molecule has 0 radical (unpaired) electrons. The van der Waals surface area contributed by atoms with Gasteiger partial charge in [0.05, 0.1) is 24.6 Å². The Morgan fingerprint density at radius 2 is 1.92 bits per heavy atom. The highest BCUT2D eigenvalue weighted by Gasteiger charge is 2.22. The van der Waals surface area contributed by atoms with E-state index in [1.165, 1.54) is 0 Å². The summed E-state index contributed by atoms with van der Waals surface area (Å²) in [6.07, 6.45) is 1.65. The molecule has 1 aromatic carbocycles. The Labute approximate surface area is 153 Å². The van der Waals surface area contributed by atoms with Crippen LogP contribution in [0.25, 0.3) is 11.4 Å². The summed E-state index contributed by atoms with van der Waals surface area (Å²) in [6.45, 7) is 1.90. The first-order valence-corrected chi connectivity index (χ1v) is 8.35. The van der Waals surface area contributed by atoms with Crippen LogP contribution >= 0.6 is 11.8 Å². The summed E-state index contributed by atoms with van der Waals surface area (Å²) in [6, 6.07) is 9.78. The number of nitrogens with zero attached hydrogens (tertiary/aromatic N) is 4. The molecule has 0 atom stereocenters. The molecule has 0 saturated carbocycles. The zero-order valence-electron chi connectivity index (χ0n) is 14.2. The number of benzene rings is 1. The highest BCUT2D eigenvalue weighted by atomic mass is 32.2. The smallest absolute Gasteiger partial charge is 0.212 e. The minimum atomic E-state index is 0. The second kappa shape index (κ2) is 8.63. The first-order chi connectivity index (χ1) is 12.3. The molecule has 2 aromatic heterocycles. The summed E-state index contributed by atoms with van der Waals surface area (Å²) < 4.78 is 12.4. The van der Waals surface area contributed by atoms with Crippen molar-refractivity contribution in [1.82, 2.24) is 14.9 Å². The average molecular weight is 377 g/mol. The van der Waals surface area contributed by atoms with Crippen molar-refractivity contribution in [2.24, 2.45) is 11.0 Å². The number of rotatable bonds is 3. The third-order valence-electron chi connectivity index (χ3n) is 3.69. The van der Waals surface area contributed by atoms with Crippen LogP contribution in [-0.2, 0) is 0 Å². The van der Waals surface area contributed by atoms with Gasteiger partial charge in [0.25, 0.3) is 0 Å². The molecule has 9 nitrogen and oxygen atoms in total. The number of aryl methyl sites for hydroxylation is 1. The van der Waals surface area contributed by atoms with E-state index in [2.05, 4.69) is 16.1 Å². The summed E-state index contributed by atoms with van der Waals surface area (Å²) >= 11 is 1.62. The van der Waals surface area contributed by atoms with Crippen molar-refractivity contribution in [3.63, 3.8) is 0 Å². The predicted molar refractivity (Wildman–Crippen MR) is 97.7 cm³/mol. The van der Waals surface area contributed by atoms with Crippen LogP contribution in [0.15, 0.2) is 51.3 Å². The molecule has 0 bridgehead atoms. The normalized spacial score (nSPS) is 12.2. The molecule has 1 aliphatic rings. The molecule has 0 amide bonds. The Bertz CT molecular complexity index is 888. The number of thioether (sulfide) groups is 1. The van der Waals surface area contributed by atoms with Gasteiger partial charge in [0.1, 0.15) is 11.5 Å². The van der Waals surface area contributed by atoms with E-state index < -0.39 is 0 Å². The molecule has 26 heavy (non-hydrogen) atoms. The number of fused-ring (bicyclic) bond motifs is 1. The number of aromatic nitrogens is 3. The summed E-state index contributed by atoms with van der Waals surface area (Å²) in [5.41, 5.74) is 2.95. The highest BCUT2D eigenvalue weighted by molar-refractivity contribution is 7.99. The minimum Gasteiger partial charge on any atom is -0.497 e. The summed E-state index contributed by atoms with van der Waals surface area (Å²) in [4.78, 5) is 0. The Hall–Kier alpha value is -2.66. The Morgan fingerprint density at radius 1 is 1.19 bits per heavy atom. The van der Waals surface area contributed by atoms with Gasteiger partial charge in [0, 0.05) is 5.75 Å². The number of hydrogen-bond donors (Lipinski definition) is 2. The molecule has 0 saturated heterocycles. The topological polar surface area (TPSA) is 143 Å². The lowest BCUT2D eigenvalue weighted by Crippen LogP contribution is -2.13. The van der Waals surface area contributed by atoms with E-state index in [-0.39, 0.29) is 5.48 Å². The number of furan rings is 1. The van der Waals surface area contributed by atoms with Crippen LogP contribution in [0.3, 0.4) is 0 Å². The molecule has 5 N–H and O–H groups in total. The number of hydrogen-bond acceptors (Lipinski definition) is 8. The lowest BCUT2D eigenvalue weighted by Gasteiger charge is -2.14. The molecule has 0 spiro atoms. The molecule has 0 aliphatic carbocycles. The van der Waals surface area contributed by atoms with Gasteiger partial charge < -0.3 is 19.8 Å². The maximum atomic E-state index is 6.50. The Balaban J connectivity index is 0.000000784. The molecular formula is C16H19N5O4S. The molecule has 10 heteroatoms. The van der Waals surface area contributed by atoms with Gasteiger partial charge in [-0.25, -0.2) is 5.90 Å². The van der Waals surface area contributed by atoms with Crippen molar-refractivity contribution in [1.29, 1.82) is 0 Å². The maximum Gasteiger partial charge on any atom is 0.212 e. The van der Waals surface area contributed by atoms with E-state index in [0.717, 1.165) is 39.3 Å². The van der Waals surface area contributed by atoms with Gasteiger partial charge in [-0.2, -0.15) is 9.78 Å². The van der Waals surface area contributed by atoms with Gasteiger partial charge in [0.15, 0.2) is 5.82 Å². The summed E-state index contributed by atoms with van der Waals surface area (Å²) in [5, 5.41) is 20.5. The molecule has 0 unspecified atom stereocenters. The van der Waals surface area contributed by atoms with E-state index in [0.29, 0.717) is 5.82 Å². The SMILES string of the molecule is COc1ccc(C2=Nn3c(nnc3-c3ccoc3C)SC2)cc1.NO.O. The molecule has 138 valence electrons. The van der Waals surface area contributed by atoms with Gasteiger partial charge in [-0.1, -0.05) is 11.8 Å². The molecule has 1 aliphatic heterocycles. The van der Waals surface area contributed by atoms with Gasteiger partial charge in [-0.05, 0) is 42.8 Å². The van der Waals surface area contributed by atoms with E-state index in [1.807, 2.05) is 37.3 Å². The van der Waals surface area contributed by atoms with Crippen LogP contribution in [0.4, 0.5) is 0 Å². The van der Waals surface area contributed by atoms with Crippen LogP contribution in [0.5, 0.6) is 5.75 Å². The van der Waals surface area contributed by atoms with Gasteiger partial charge in [0.2, 0.25) is 5.16 Å². The fraction of sp³-hybridized carbons (Fsp3) is 0.188. The van der Waals surface area contributed by atoms with Crippen LogP contribution < -0.4 is 10.6 Å². The first-order valence-electron chi connectivity index (χ1n) is 7.37. The quantitative estimate of drug-likeness (QED) is 0.661. The van der Waals surface area contributed by atoms with Gasteiger partial charge in [-0.3, -0.25) is 0 Å². The van der Waals surface area contributed by atoms with E-state index in [9.17, 15) is 0 Å². The molecule has 0 fully saturated rings. The van der Waals surface area contributed by atoms with Crippen molar-refractivity contribution in [3.05, 3.63) is 47.9 Å². The predicted octanol–water partition coefficient (Wildman–Crippen LogP) is 1.72. The summed E-state index contributed by atoms with van der Waals surface area (Å²) in [5.74, 6) is 6.59. The summed E-state index contributed by atoms with van der Waals surface area (Å²) in [7, 11) is 1.66. The van der Waals surface area contributed by atoms with E-state index in [1.54, 1.807) is 29.8 Å². The fourth-order valence-electron chi connectivity index (χ4n) is 2.44. The standard InChI is InChI=1S/C16H14N4O2S.H3NO.H2O/c1-10-13(7-8-22-10)15-17-18-16-20(15)19-14(9-23-16)11-3-5-12(21-2)6-4-11;1-2;/h3-8H,9H2,1-2H3;2H,1H2;1H2. The maximum absolute atomic E-state index is 6.50.